The van der Waals surface area contributed by atoms with Gasteiger partial charge in [0.15, 0.2) is 5.13 Å². The molecular formula is C19H20N2O4S. The maximum absolute atomic E-state index is 12.7. The molecule has 1 aromatic carbocycles. The van der Waals surface area contributed by atoms with Crippen LogP contribution in [0.1, 0.15) is 19.3 Å². The van der Waals surface area contributed by atoms with Crippen molar-refractivity contribution in [2.45, 2.75) is 19.3 Å². The highest BCUT2D eigenvalue weighted by Crippen LogP contribution is 2.52. The van der Waals surface area contributed by atoms with Crippen molar-refractivity contribution in [2.24, 2.45) is 23.7 Å². The molecular weight excluding hydrogens is 352 g/mol. The largest absolute Gasteiger partial charge is 0.497 e. The first-order valence-corrected chi connectivity index (χ1v) is 9.58. The van der Waals surface area contributed by atoms with Crippen molar-refractivity contribution in [1.29, 1.82) is 0 Å². The molecule has 0 radical (unpaired) electrons. The molecule has 6 nitrogen and oxygen atoms in total. The second kappa shape index (κ2) is 6.72. The molecule has 2 bridgehead atoms. The van der Waals surface area contributed by atoms with E-state index >= 15 is 0 Å². The highest BCUT2D eigenvalue weighted by atomic mass is 32.1. The average molecular weight is 372 g/mol. The van der Waals surface area contributed by atoms with Crippen LogP contribution in [-0.4, -0.2) is 29.1 Å². The summed E-state index contributed by atoms with van der Waals surface area (Å²) in [5.41, 5.74) is 1.71. The number of ether oxygens (including phenoxy) is 1. The molecule has 4 rings (SSSR count). The topological polar surface area (TPSA) is 88.5 Å². The summed E-state index contributed by atoms with van der Waals surface area (Å²) in [6, 6.07) is 7.55. The fourth-order valence-corrected chi connectivity index (χ4v) is 5.16. The molecule has 1 aromatic heterocycles. The molecule has 0 spiro atoms. The molecule has 0 saturated heterocycles. The van der Waals surface area contributed by atoms with Crippen molar-refractivity contribution in [1.82, 2.24) is 4.98 Å². The van der Waals surface area contributed by atoms with Crippen molar-refractivity contribution in [2.75, 3.05) is 12.4 Å². The summed E-state index contributed by atoms with van der Waals surface area (Å²) in [5, 5.41) is 14.7. The maximum atomic E-state index is 12.7. The third-order valence-electron chi connectivity index (χ3n) is 5.62. The lowest BCUT2D eigenvalue weighted by Crippen LogP contribution is -2.37. The Hall–Kier alpha value is -2.41. The van der Waals surface area contributed by atoms with Gasteiger partial charge >= 0.3 is 5.97 Å². The Morgan fingerprint density at radius 1 is 1.19 bits per heavy atom. The van der Waals surface area contributed by atoms with Gasteiger partial charge in [0.1, 0.15) is 5.75 Å². The lowest BCUT2D eigenvalue weighted by molar-refractivity contribution is -0.148. The van der Waals surface area contributed by atoms with Crippen LogP contribution in [0.4, 0.5) is 5.13 Å². The van der Waals surface area contributed by atoms with Gasteiger partial charge < -0.3 is 15.2 Å². The standard InChI is InChI=1S/C19H20N2O4S/c1-25-13-6-4-10(5-7-13)14-9-26-19(20-14)21-17(22)15-11-2-3-12(8-11)16(15)18(23)24/h4-7,9,11-12,15-16H,2-3,8H2,1H3,(H,23,24)(H,20,21,22)/t11-,12+,15-,16+/m0/s1. The first-order chi connectivity index (χ1) is 12.6. The summed E-state index contributed by atoms with van der Waals surface area (Å²) in [6.45, 7) is 0. The van der Waals surface area contributed by atoms with E-state index < -0.39 is 17.8 Å². The van der Waals surface area contributed by atoms with Crippen LogP contribution < -0.4 is 10.1 Å². The number of thiazole rings is 1. The fraction of sp³-hybridized carbons (Fsp3) is 0.421. The summed E-state index contributed by atoms with van der Waals surface area (Å²) in [7, 11) is 1.62. The van der Waals surface area contributed by atoms with Gasteiger partial charge in [0.05, 0.1) is 24.6 Å². The molecule has 1 amide bonds. The number of methoxy groups -OCH3 is 1. The highest BCUT2D eigenvalue weighted by molar-refractivity contribution is 7.14. The molecule has 2 fully saturated rings. The fourth-order valence-electron chi connectivity index (χ4n) is 4.44. The number of benzene rings is 1. The smallest absolute Gasteiger partial charge is 0.307 e. The summed E-state index contributed by atoms with van der Waals surface area (Å²) in [6.07, 6.45) is 2.72. The predicted octanol–water partition coefficient (Wildman–Crippen LogP) is 3.50. The van der Waals surface area contributed by atoms with E-state index in [0.29, 0.717) is 5.13 Å². The number of nitrogens with zero attached hydrogens (tertiary/aromatic N) is 1. The third-order valence-corrected chi connectivity index (χ3v) is 6.38. The Labute approximate surface area is 155 Å². The molecule has 2 saturated carbocycles. The predicted molar refractivity (Wildman–Crippen MR) is 98.2 cm³/mol. The monoisotopic (exact) mass is 372 g/mol. The van der Waals surface area contributed by atoms with Crippen LogP contribution in [0, 0.1) is 23.7 Å². The van der Waals surface area contributed by atoms with E-state index in [1.807, 2.05) is 29.6 Å². The molecule has 2 aliphatic carbocycles. The SMILES string of the molecule is COc1ccc(-c2csc(NC(=O)[C@H]3[C@H]4CC[C@H](C4)[C@H]3C(=O)O)n2)cc1. The van der Waals surface area contributed by atoms with Gasteiger partial charge in [-0.3, -0.25) is 9.59 Å². The minimum atomic E-state index is -0.851. The van der Waals surface area contributed by atoms with E-state index in [1.54, 1.807) is 7.11 Å². The number of nitrogens with one attached hydrogen (secondary N) is 1. The molecule has 1 heterocycles. The summed E-state index contributed by atoms with van der Waals surface area (Å²) >= 11 is 1.35. The highest BCUT2D eigenvalue weighted by Gasteiger charge is 2.54. The number of anilines is 1. The second-order valence-corrected chi connectivity index (χ2v) is 7.84. The van der Waals surface area contributed by atoms with Crippen LogP contribution in [0.3, 0.4) is 0 Å². The molecule has 7 heteroatoms. The van der Waals surface area contributed by atoms with E-state index in [9.17, 15) is 14.7 Å². The van der Waals surface area contributed by atoms with Crippen molar-refractivity contribution in [3.05, 3.63) is 29.6 Å². The third kappa shape index (κ3) is 2.96. The number of aliphatic carboxylic acids is 1. The molecule has 2 N–H and O–H groups in total. The number of carboxylic acid groups (broad SMARTS) is 1. The Kier molecular flexibility index (Phi) is 4.40. The number of aromatic nitrogens is 1. The van der Waals surface area contributed by atoms with Crippen molar-refractivity contribution in [3.63, 3.8) is 0 Å². The number of carbonyl (C=O) groups excluding carboxylic acids is 1. The number of hydrogen-bond acceptors (Lipinski definition) is 5. The first kappa shape index (κ1) is 17.0. The van der Waals surface area contributed by atoms with Gasteiger partial charge in [-0.1, -0.05) is 0 Å². The van der Waals surface area contributed by atoms with Crippen LogP contribution in [0.15, 0.2) is 29.6 Å². The average Bonchev–Trinajstić information content (AvgIpc) is 3.37. The molecule has 0 unspecified atom stereocenters. The van der Waals surface area contributed by atoms with E-state index in [4.69, 9.17) is 4.74 Å². The lowest BCUT2D eigenvalue weighted by Gasteiger charge is -2.26. The van der Waals surface area contributed by atoms with Gasteiger partial charge in [-0.15, -0.1) is 11.3 Å². The number of rotatable bonds is 5. The Bertz CT molecular complexity index is 832. The number of carbonyl (C=O) groups is 2. The van der Waals surface area contributed by atoms with Crippen molar-refractivity contribution < 1.29 is 19.4 Å². The van der Waals surface area contributed by atoms with Gasteiger partial charge in [-0.2, -0.15) is 0 Å². The van der Waals surface area contributed by atoms with Crippen LogP contribution in [0.25, 0.3) is 11.3 Å². The molecule has 2 aromatic rings. The zero-order chi connectivity index (χ0) is 18.3. The van der Waals surface area contributed by atoms with Gasteiger partial charge in [0.25, 0.3) is 0 Å². The Morgan fingerprint density at radius 3 is 2.54 bits per heavy atom. The number of carboxylic acids is 1. The van der Waals surface area contributed by atoms with Crippen LogP contribution in [0.5, 0.6) is 5.75 Å². The lowest BCUT2D eigenvalue weighted by atomic mass is 9.79. The van der Waals surface area contributed by atoms with Crippen LogP contribution in [-0.2, 0) is 9.59 Å². The molecule has 26 heavy (non-hydrogen) atoms. The van der Waals surface area contributed by atoms with Gasteiger partial charge in [-0.05, 0) is 55.4 Å². The van der Waals surface area contributed by atoms with Crippen molar-refractivity contribution in [3.8, 4) is 17.0 Å². The minimum Gasteiger partial charge on any atom is -0.497 e. The van der Waals surface area contributed by atoms with E-state index in [-0.39, 0.29) is 17.7 Å². The number of hydrogen-bond donors (Lipinski definition) is 2. The quantitative estimate of drug-likeness (QED) is 0.838. The van der Waals surface area contributed by atoms with E-state index in [2.05, 4.69) is 10.3 Å². The molecule has 4 atom stereocenters. The second-order valence-electron chi connectivity index (χ2n) is 6.98. The first-order valence-electron chi connectivity index (χ1n) is 8.70. The van der Waals surface area contributed by atoms with Gasteiger partial charge in [0.2, 0.25) is 5.91 Å². The minimum absolute atomic E-state index is 0.138. The molecule has 136 valence electrons. The van der Waals surface area contributed by atoms with E-state index in [0.717, 1.165) is 36.3 Å². The van der Waals surface area contributed by atoms with Crippen molar-refractivity contribution >= 4 is 28.3 Å². The normalized spacial score (nSPS) is 26.7. The summed E-state index contributed by atoms with van der Waals surface area (Å²) < 4.78 is 5.15. The molecule has 0 aliphatic heterocycles. The zero-order valence-electron chi connectivity index (χ0n) is 14.3. The molecule has 2 aliphatic rings. The van der Waals surface area contributed by atoms with Gasteiger partial charge in [0, 0.05) is 10.9 Å². The number of amides is 1. The number of fused-ring (bicyclic) bond motifs is 2. The van der Waals surface area contributed by atoms with E-state index in [1.165, 1.54) is 11.3 Å². The summed E-state index contributed by atoms with van der Waals surface area (Å²) in [5.74, 6) is -0.972. The van der Waals surface area contributed by atoms with Crippen LogP contribution >= 0.6 is 11.3 Å². The Morgan fingerprint density at radius 2 is 1.88 bits per heavy atom. The maximum Gasteiger partial charge on any atom is 0.307 e. The zero-order valence-corrected chi connectivity index (χ0v) is 15.2. The summed E-state index contributed by atoms with van der Waals surface area (Å²) in [4.78, 5) is 28.8. The van der Waals surface area contributed by atoms with Crippen LogP contribution in [0.2, 0.25) is 0 Å². The van der Waals surface area contributed by atoms with Gasteiger partial charge in [-0.25, -0.2) is 4.98 Å². The Balaban J connectivity index is 1.48.